The molecule has 0 bridgehead atoms. The number of hydrogen-bond acceptors (Lipinski definition) is 3. The van der Waals surface area contributed by atoms with E-state index in [1.807, 2.05) is 36.4 Å². The van der Waals surface area contributed by atoms with Crippen molar-refractivity contribution < 1.29 is 0 Å². The number of aromatic amines is 1. The average molecular weight is 276 g/mol. The van der Waals surface area contributed by atoms with Gasteiger partial charge in [0.1, 0.15) is 5.82 Å². The van der Waals surface area contributed by atoms with Gasteiger partial charge < -0.3 is 4.98 Å². The lowest BCUT2D eigenvalue weighted by Crippen LogP contribution is -1.84. The monoisotopic (exact) mass is 275 g/mol. The number of rotatable bonds is 3. The molecule has 18 heavy (non-hydrogen) atoms. The molecule has 0 atom stereocenters. The Balaban J connectivity index is 1.79. The topological polar surface area (TPSA) is 41.6 Å². The zero-order valence-corrected chi connectivity index (χ0v) is 11.0. The van der Waals surface area contributed by atoms with Gasteiger partial charge in [-0.05, 0) is 30.3 Å². The van der Waals surface area contributed by atoms with Gasteiger partial charge in [0.05, 0.1) is 21.8 Å². The first kappa shape index (κ1) is 11.6. The van der Waals surface area contributed by atoms with Crippen LogP contribution < -0.4 is 0 Å². The molecular weight excluding hydrogens is 266 g/mol. The van der Waals surface area contributed by atoms with Gasteiger partial charge in [0.2, 0.25) is 0 Å². The Morgan fingerprint density at radius 2 is 2.17 bits per heavy atom. The van der Waals surface area contributed by atoms with E-state index >= 15 is 0 Å². The third-order valence-corrected chi connectivity index (χ3v) is 3.68. The third-order valence-electron chi connectivity index (χ3n) is 2.49. The number of halogens is 1. The molecule has 0 fully saturated rings. The highest BCUT2D eigenvalue weighted by atomic mass is 35.5. The van der Waals surface area contributed by atoms with Crippen LogP contribution in [-0.2, 0) is 5.75 Å². The molecule has 0 saturated carbocycles. The second-order valence-electron chi connectivity index (χ2n) is 3.80. The number of aromatic nitrogens is 3. The van der Waals surface area contributed by atoms with E-state index in [9.17, 15) is 0 Å². The fourth-order valence-corrected chi connectivity index (χ4v) is 2.57. The zero-order valence-electron chi connectivity index (χ0n) is 9.43. The van der Waals surface area contributed by atoms with Gasteiger partial charge in [-0.25, -0.2) is 9.97 Å². The maximum atomic E-state index is 5.93. The molecule has 3 aromatic rings. The predicted molar refractivity (Wildman–Crippen MR) is 74.9 cm³/mol. The number of imidazole rings is 1. The predicted octanol–water partition coefficient (Wildman–Crippen LogP) is 3.90. The molecule has 0 aliphatic carbocycles. The maximum Gasteiger partial charge on any atom is 0.117 e. The number of thioether (sulfide) groups is 1. The summed E-state index contributed by atoms with van der Waals surface area (Å²) in [6.45, 7) is 0. The summed E-state index contributed by atoms with van der Waals surface area (Å²) in [6.07, 6.45) is 1.79. The van der Waals surface area contributed by atoms with E-state index in [4.69, 9.17) is 11.6 Å². The van der Waals surface area contributed by atoms with Gasteiger partial charge in [0.15, 0.2) is 0 Å². The quantitative estimate of drug-likeness (QED) is 0.737. The van der Waals surface area contributed by atoms with Gasteiger partial charge in [-0.2, -0.15) is 0 Å². The minimum atomic E-state index is 0.706. The lowest BCUT2D eigenvalue weighted by molar-refractivity contribution is 1.10. The van der Waals surface area contributed by atoms with Gasteiger partial charge >= 0.3 is 0 Å². The number of nitrogens with one attached hydrogen (secondary N) is 1. The fourth-order valence-electron chi connectivity index (χ4n) is 1.67. The highest BCUT2D eigenvalue weighted by Gasteiger charge is 2.04. The molecule has 2 heterocycles. The van der Waals surface area contributed by atoms with Crippen molar-refractivity contribution in [1.29, 1.82) is 0 Å². The highest BCUT2D eigenvalue weighted by molar-refractivity contribution is 7.98. The van der Waals surface area contributed by atoms with Crippen LogP contribution >= 0.6 is 23.4 Å². The van der Waals surface area contributed by atoms with Gasteiger partial charge in [-0.3, -0.25) is 0 Å². The smallest absolute Gasteiger partial charge is 0.117 e. The lowest BCUT2D eigenvalue weighted by Gasteiger charge is -1.96. The summed E-state index contributed by atoms with van der Waals surface area (Å²) in [7, 11) is 0. The van der Waals surface area contributed by atoms with Crippen molar-refractivity contribution in [3.8, 4) is 0 Å². The number of pyridine rings is 1. The minimum Gasteiger partial charge on any atom is -0.341 e. The summed E-state index contributed by atoms with van der Waals surface area (Å²) in [5.74, 6) is 1.70. The highest BCUT2D eigenvalue weighted by Crippen LogP contribution is 2.22. The Kier molecular flexibility index (Phi) is 3.21. The van der Waals surface area contributed by atoms with Crippen LogP contribution in [-0.4, -0.2) is 15.0 Å². The number of hydrogen-bond donors (Lipinski definition) is 1. The Morgan fingerprint density at radius 1 is 1.22 bits per heavy atom. The molecule has 1 N–H and O–H groups in total. The third kappa shape index (κ3) is 2.49. The molecule has 90 valence electrons. The van der Waals surface area contributed by atoms with Crippen LogP contribution in [0, 0.1) is 0 Å². The molecule has 0 saturated heterocycles. The normalized spacial score (nSPS) is 10.9. The SMILES string of the molecule is Clc1ccc2[nH]c(CSc3ccccn3)nc2c1. The Labute approximate surface area is 114 Å². The molecule has 0 amide bonds. The molecule has 3 rings (SSSR count). The summed E-state index contributed by atoms with van der Waals surface area (Å²) in [5, 5.41) is 1.70. The van der Waals surface area contributed by atoms with Crippen molar-refractivity contribution in [3.63, 3.8) is 0 Å². The van der Waals surface area contributed by atoms with Crippen LogP contribution in [0.3, 0.4) is 0 Å². The van der Waals surface area contributed by atoms with Crippen molar-refractivity contribution in [2.24, 2.45) is 0 Å². The van der Waals surface area contributed by atoms with E-state index in [0.717, 1.165) is 27.6 Å². The Morgan fingerprint density at radius 3 is 3.00 bits per heavy atom. The molecule has 2 aromatic heterocycles. The number of nitrogens with zero attached hydrogens (tertiary/aromatic N) is 2. The maximum absolute atomic E-state index is 5.93. The van der Waals surface area contributed by atoms with Crippen LogP contribution in [0.4, 0.5) is 0 Å². The van der Waals surface area contributed by atoms with Crippen LogP contribution in [0.2, 0.25) is 5.02 Å². The molecule has 1 aromatic carbocycles. The van der Waals surface area contributed by atoms with Crippen LogP contribution in [0.5, 0.6) is 0 Å². The van der Waals surface area contributed by atoms with E-state index < -0.39 is 0 Å². The van der Waals surface area contributed by atoms with Crippen molar-refractivity contribution in [1.82, 2.24) is 15.0 Å². The van der Waals surface area contributed by atoms with Gasteiger partial charge in [0, 0.05) is 11.2 Å². The minimum absolute atomic E-state index is 0.706. The standard InChI is InChI=1S/C13H10ClN3S/c14-9-4-5-10-11(7-9)17-12(16-10)8-18-13-3-1-2-6-15-13/h1-7H,8H2,(H,16,17). The first-order valence-corrected chi connectivity index (χ1v) is 6.85. The van der Waals surface area contributed by atoms with Gasteiger partial charge in [-0.15, -0.1) is 0 Å². The first-order chi connectivity index (χ1) is 8.81. The molecular formula is C13H10ClN3S. The van der Waals surface area contributed by atoms with Crippen molar-refractivity contribution in [2.75, 3.05) is 0 Å². The van der Waals surface area contributed by atoms with E-state index in [0.29, 0.717) is 5.02 Å². The van der Waals surface area contributed by atoms with Crippen molar-refractivity contribution in [3.05, 3.63) is 53.4 Å². The van der Waals surface area contributed by atoms with Gasteiger partial charge in [-0.1, -0.05) is 29.4 Å². The first-order valence-electron chi connectivity index (χ1n) is 5.49. The van der Waals surface area contributed by atoms with Crippen molar-refractivity contribution in [2.45, 2.75) is 10.8 Å². The Hall–Kier alpha value is -1.52. The van der Waals surface area contributed by atoms with Gasteiger partial charge in [0.25, 0.3) is 0 Å². The number of benzene rings is 1. The lowest BCUT2D eigenvalue weighted by atomic mass is 10.3. The molecule has 3 nitrogen and oxygen atoms in total. The number of H-pyrrole nitrogens is 1. The van der Waals surface area contributed by atoms with Crippen LogP contribution in [0.15, 0.2) is 47.6 Å². The van der Waals surface area contributed by atoms with Crippen molar-refractivity contribution >= 4 is 34.4 Å². The fraction of sp³-hybridized carbons (Fsp3) is 0.0769. The summed E-state index contributed by atoms with van der Waals surface area (Å²) < 4.78 is 0. The van der Waals surface area contributed by atoms with E-state index in [1.165, 1.54) is 0 Å². The molecule has 0 spiro atoms. The average Bonchev–Trinajstić information content (AvgIpc) is 2.79. The largest absolute Gasteiger partial charge is 0.341 e. The molecule has 5 heteroatoms. The summed E-state index contributed by atoms with van der Waals surface area (Å²) >= 11 is 7.59. The summed E-state index contributed by atoms with van der Waals surface area (Å²) in [5.41, 5.74) is 1.91. The summed E-state index contributed by atoms with van der Waals surface area (Å²) in [6, 6.07) is 11.5. The van der Waals surface area contributed by atoms with Crippen LogP contribution in [0.25, 0.3) is 11.0 Å². The molecule has 0 aliphatic heterocycles. The van der Waals surface area contributed by atoms with E-state index in [-0.39, 0.29) is 0 Å². The van der Waals surface area contributed by atoms with Crippen LogP contribution in [0.1, 0.15) is 5.82 Å². The zero-order chi connectivity index (χ0) is 12.4. The van der Waals surface area contributed by atoms with E-state index in [2.05, 4.69) is 15.0 Å². The summed E-state index contributed by atoms with van der Waals surface area (Å²) in [4.78, 5) is 12.0. The number of fused-ring (bicyclic) bond motifs is 1. The van der Waals surface area contributed by atoms with E-state index in [1.54, 1.807) is 18.0 Å². The molecule has 0 radical (unpaired) electrons. The second kappa shape index (κ2) is 5.00. The molecule has 0 unspecified atom stereocenters. The second-order valence-corrected chi connectivity index (χ2v) is 5.23. The Bertz CT molecular complexity index is 666. The molecule has 0 aliphatic rings.